The molecule has 0 radical (unpaired) electrons. The van der Waals surface area contributed by atoms with Crippen molar-refractivity contribution >= 4 is 63.1 Å². The van der Waals surface area contributed by atoms with Crippen molar-refractivity contribution in [2.24, 2.45) is 0 Å². The number of halogens is 1. The van der Waals surface area contributed by atoms with Gasteiger partial charge in [-0.3, -0.25) is 19.7 Å². The van der Waals surface area contributed by atoms with E-state index < -0.39 is 23.4 Å². The van der Waals surface area contributed by atoms with E-state index in [9.17, 15) is 19.7 Å². The average Bonchev–Trinajstić information content (AvgIpc) is 3.18. The van der Waals surface area contributed by atoms with Crippen LogP contribution < -0.4 is 10.6 Å². The molecule has 3 rings (SSSR count). The Balaban J connectivity index is 1.41. The maximum atomic E-state index is 12.0. The molecule has 13 heteroatoms. The van der Waals surface area contributed by atoms with Crippen LogP contribution in [0.25, 0.3) is 0 Å². The number of nitrogens with one attached hydrogen (secondary N) is 2. The Hall–Kier alpha value is -2.44. The molecule has 1 aromatic heterocycles. The van der Waals surface area contributed by atoms with Gasteiger partial charge in [-0.05, 0) is 25.0 Å². The van der Waals surface area contributed by atoms with Crippen LogP contribution in [-0.4, -0.2) is 45.4 Å². The van der Waals surface area contributed by atoms with Gasteiger partial charge in [0.2, 0.25) is 5.13 Å². The molecule has 0 unspecified atom stereocenters. The van der Waals surface area contributed by atoms with Crippen molar-refractivity contribution in [1.82, 2.24) is 10.2 Å². The number of nitro groups is 1. The number of esters is 1. The van der Waals surface area contributed by atoms with Crippen molar-refractivity contribution in [3.63, 3.8) is 0 Å². The summed E-state index contributed by atoms with van der Waals surface area (Å²) in [5.41, 5.74) is -0.381. The van der Waals surface area contributed by atoms with Crippen LogP contribution in [0, 0.1) is 10.1 Å². The van der Waals surface area contributed by atoms with Gasteiger partial charge in [-0.15, -0.1) is 10.2 Å². The number of amides is 1. The standard InChI is InChI=1S/C18H20ClN5O5S2/c19-11-6-7-14(24(27)28)13(8-11)21-15(25)9-29-16(26)10-30-18-23-22-17(31-18)20-12-4-2-1-3-5-12/h6-8,12H,1-5,9-10H2,(H,20,22)(H,21,25). The molecule has 2 N–H and O–H groups in total. The number of rotatable bonds is 9. The molecule has 1 amide bonds. The fourth-order valence-corrected chi connectivity index (χ4v) is 4.81. The normalized spacial score (nSPS) is 14.1. The van der Waals surface area contributed by atoms with Gasteiger partial charge in [0.15, 0.2) is 10.9 Å². The molecule has 0 atom stereocenters. The third kappa shape index (κ3) is 7.33. The molecule has 0 aliphatic heterocycles. The first-order valence-corrected chi connectivity index (χ1v) is 11.7. The first-order valence-electron chi connectivity index (χ1n) is 9.53. The predicted molar refractivity (Wildman–Crippen MR) is 119 cm³/mol. The third-order valence-corrected chi connectivity index (χ3v) is 6.64. The van der Waals surface area contributed by atoms with Gasteiger partial charge in [-0.2, -0.15) is 0 Å². The van der Waals surface area contributed by atoms with E-state index in [1.165, 1.54) is 60.6 Å². The number of carbonyl (C=O) groups excluding carboxylic acids is 2. The smallest absolute Gasteiger partial charge is 0.316 e. The summed E-state index contributed by atoms with van der Waals surface area (Å²) in [5, 5.41) is 25.8. The highest BCUT2D eigenvalue weighted by molar-refractivity contribution is 8.01. The summed E-state index contributed by atoms with van der Waals surface area (Å²) in [5.74, 6) is -1.36. The SMILES string of the molecule is O=C(COC(=O)CSc1nnc(NC2CCCCC2)s1)Nc1cc(Cl)ccc1[N+](=O)[O-]. The lowest BCUT2D eigenvalue weighted by atomic mass is 9.96. The summed E-state index contributed by atoms with van der Waals surface area (Å²) in [4.78, 5) is 34.3. The second-order valence-corrected chi connectivity index (χ2v) is 9.40. The third-order valence-electron chi connectivity index (χ3n) is 4.45. The Bertz CT molecular complexity index is 951. The Morgan fingerprint density at radius 1 is 1.29 bits per heavy atom. The molecule has 31 heavy (non-hydrogen) atoms. The van der Waals surface area contributed by atoms with Crippen LogP contribution in [0.4, 0.5) is 16.5 Å². The number of nitrogens with zero attached hydrogens (tertiary/aromatic N) is 3. The molecule has 166 valence electrons. The largest absolute Gasteiger partial charge is 0.455 e. The van der Waals surface area contributed by atoms with Crippen molar-refractivity contribution in [3.05, 3.63) is 33.3 Å². The van der Waals surface area contributed by atoms with Crippen molar-refractivity contribution in [3.8, 4) is 0 Å². The number of hydrogen-bond donors (Lipinski definition) is 2. The number of thioether (sulfide) groups is 1. The summed E-state index contributed by atoms with van der Waals surface area (Å²) in [6.07, 6.45) is 5.93. The molecular formula is C18H20ClN5O5S2. The van der Waals surface area contributed by atoms with Gasteiger partial charge in [-0.25, -0.2) is 0 Å². The Kier molecular flexibility index (Phi) is 8.43. The van der Waals surface area contributed by atoms with Crippen LogP contribution in [0.3, 0.4) is 0 Å². The minimum absolute atomic E-state index is 0.0390. The number of benzene rings is 1. The van der Waals surface area contributed by atoms with Crippen LogP contribution in [0.5, 0.6) is 0 Å². The van der Waals surface area contributed by atoms with E-state index in [1.54, 1.807) is 0 Å². The summed E-state index contributed by atoms with van der Waals surface area (Å²) in [7, 11) is 0. The van der Waals surface area contributed by atoms with Crippen LogP contribution >= 0.6 is 34.7 Å². The Labute approximate surface area is 191 Å². The zero-order valence-corrected chi connectivity index (χ0v) is 18.7. The summed E-state index contributed by atoms with van der Waals surface area (Å²) in [6.45, 7) is -0.576. The number of anilines is 2. The van der Waals surface area contributed by atoms with Crippen LogP contribution in [0.1, 0.15) is 32.1 Å². The highest BCUT2D eigenvalue weighted by atomic mass is 35.5. The topological polar surface area (TPSA) is 136 Å². The van der Waals surface area contributed by atoms with Gasteiger partial charge < -0.3 is 15.4 Å². The zero-order chi connectivity index (χ0) is 22.2. The van der Waals surface area contributed by atoms with Gasteiger partial charge >= 0.3 is 5.97 Å². The van der Waals surface area contributed by atoms with E-state index in [-0.39, 0.29) is 22.2 Å². The first kappa shape index (κ1) is 23.2. The fraction of sp³-hybridized carbons (Fsp3) is 0.444. The number of carbonyl (C=O) groups is 2. The van der Waals surface area contributed by atoms with Crippen molar-refractivity contribution in [2.45, 2.75) is 42.5 Å². The van der Waals surface area contributed by atoms with Gasteiger partial charge in [-0.1, -0.05) is 54.0 Å². The average molecular weight is 486 g/mol. The second kappa shape index (κ2) is 11.3. The predicted octanol–water partition coefficient (Wildman–Crippen LogP) is 4.12. The summed E-state index contributed by atoms with van der Waals surface area (Å²) < 4.78 is 5.54. The van der Waals surface area contributed by atoms with Crippen molar-refractivity contribution < 1.29 is 19.2 Å². The maximum absolute atomic E-state index is 12.0. The molecule has 1 fully saturated rings. The molecular weight excluding hydrogens is 466 g/mol. The van der Waals surface area contributed by atoms with E-state index in [0.29, 0.717) is 10.4 Å². The van der Waals surface area contributed by atoms with Gasteiger partial charge in [0, 0.05) is 17.1 Å². The minimum atomic E-state index is -0.710. The molecule has 1 heterocycles. The van der Waals surface area contributed by atoms with Crippen LogP contribution in [0.2, 0.25) is 5.02 Å². The molecule has 0 spiro atoms. The van der Waals surface area contributed by atoms with Gasteiger partial charge in [0.25, 0.3) is 11.6 Å². The van der Waals surface area contributed by atoms with Crippen LogP contribution in [-0.2, 0) is 14.3 Å². The number of aromatic nitrogens is 2. The van der Waals surface area contributed by atoms with E-state index in [2.05, 4.69) is 20.8 Å². The molecule has 10 nitrogen and oxygen atoms in total. The summed E-state index contributed by atoms with van der Waals surface area (Å²) in [6, 6.07) is 4.19. The van der Waals surface area contributed by atoms with E-state index in [4.69, 9.17) is 16.3 Å². The molecule has 0 saturated heterocycles. The van der Waals surface area contributed by atoms with Crippen LogP contribution in [0.15, 0.2) is 22.5 Å². The molecule has 1 aromatic carbocycles. The fourth-order valence-electron chi connectivity index (χ4n) is 3.01. The number of hydrogen-bond acceptors (Lipinski definition) is 10. The van der Waals surface area contributed by atoms with E-state index >= 15 is 0 Å². The lowest BCUT2D eigenvalue weighted by Crippen LogP contribution is -2.22. The van der Waals surface area contributed by atoms with Crippen molar-refractivity contribution in [2.75, 3.05) is 23.0 Å². The lowest BCUT2D eigenvalue weighted by molar-refractivity contribution is -0.383. The van der Waals surface area contributed by atoms with Crippen molar-refractivity contribution in [1.29, 1.82) is 0 Å². The molecule has 1 saturated carbocycles. The maximum Gasteiger partial charge on any atom is 0.316 e. The summed E-state index contributed by atoms with van der Waals surface area (Å²) >= 11 is 8.35. The quantitative estimate of drug-likeness (QED) is 0.232. The van der Waals surface area contributed by atoms with E-state index in [1.807, 2.05) is 0 Å². The number of ether oxygens (including phenoxy) is 1. The molecule has 1 aliphatic rings. The molecule has 0 bridgehead atoms. The number of nitro benzene ring substituents is 1. The van der Waals surface area contributed by atoms with Gasteiger partial charge in [0.1, 0.15) is 5.69 Å². The zero-order valence-electron chi connectivity index (χ0n) is 16.3. The minimum Gasteiger partial charge on any atom is -0.455 e. The Morgan fingerprint density at radius 3 is 2.81 bits per heavy atom. The lowest BCUT2D eigenvalue weighted by Gasteiger charge is -2.21. The first-order chi connectivity index (χ1) is 14.9. The van der Waals surface area contributed by atoms with E-state index in [0.717, 1.165) is 18.0 Å². The Morgan fingerprint density at radius 2 is 2.06 bits per heavy atom. The molecule has 2 aromatic rings. The van der Waals surface area contributed by atoms with Gasteiger partial charge in [0.05, 0.1) is 10.7 Å². The molecule has 1 aliphatic carbocycles. The monoisotopic (exact) mass is 485 g/mol. The highest BCUT2D eigenvalue weighted by Gasteiger charge is 2.18. The second-order valence-electron chi connectivity index (χ2n) is 6.77. The highest BCUT2D eigenvalue weighted by Crippen LogP contribution is 2.29.